The van der Waals surface area contributed by atoms with E-state index >= 15 is 0 Å². The van der Waals surface area contributed by atoms with E-state index in [1.807, 2.05) is 0 Å². The molecule has 60 heavy (non-hydrogen) atoms. The average Bonchev–Trinajstić information content (AvgIpc) is 3.24. The molecular weight excluding hydrogens is 743 g/mol. The van der Waals surface area contributed by atoms with E-state index in [0.717, 1.165) is 51.4 Å². The first-order chi connectivity index (χ1) is 29.5. The highest BCUT2D eigenvalue weighted by Crippen LogP contribution is 2.18. The molecule has 0 rings (SSSR count). The normalized spacial score (nSPS) is 13.2. The first-order valence-corrected chi connectivity index (χ1v) is 26.9. The molecule has 356 valence electrons. The molecule has 6 nitrogen and oxygen atoms in total. The second kappa shape index (κ2) is 48.6. The van der Waals surface area contributed by atoms with Gasteiger partial charge in [-0.1, -0.05) is 245 Å². The molecule has 3 unspecified atom stereocenters. The Morgan fingerprint density at radius 1 is 0.467 bits per heavy atom. The Hall–Kier alpha value is -1.40. The molecule has 0 heterocycles. The number of hydrogen-bond acceptors (Lipinski definition) is 5. The van der Waals surface area contributed by atoms with Crippen LogP contribution in [0.15, 0.2) is 12.2 Å². The lowest BCUT2D eigenvalue weighted by Gasteiger charge is -2.24. The molecule has 0 spiro atoms. The van der Waals surface area contributed by atoms with Gasteiger partial charge in [0, 0.05) is 6.42 Å². The molecule has 0 saturated carbocycles. The SMILES string of the molecule is CCCCCCCCC/C=C\CCCCCC(=O)OC(CCCCCCCCCCCCCCCCC)CC(=O)NC(CO)C(O)CCCCCCCCCCCCCC. The fraction of sp³-hybridized carbons (Fsp3) is 0.926. The molecule has 3 atom stereocenters. The molecule has 0 aromatic rings. The lowest BCUT2D eigenvalue weighted by molar-refractivity contribution is -0.151. The number of aliphatic hydroxyl groups excluding tert-OH is 2. The van der Waals surface area contributed by atoms with Crippen LogP contribution in [0.3, 0.4) is 0 Å². The summed E-state index contributed by atoms with van der Waals surface area (Å²) in [5, 5.41) is 23.8. The topological polar surface area (TPSA) is 95.9 Å². The monoisotopic (exact) mass is 848 g/mol. The number of carbonyl (C=O) groups is 2. The summed E-state index contributed by atoms with van der Waals surface area (Å²) in [7, 11) is 0. The smallest absolute Gasteiger partial charge is 0.306 e. The Balaban J connectivity index is 4.55. The van der Waals surface area contributed by atoms with Crippen molar-refractivity contribution in [3.63, 3.8) is 0 Å². The number of amides is 1. The maximum absolute atomic E-state index is 13.2. The summed E-state index contributed by atoms with van der Waals surface area (Å²) in [5.41, 5.74) is 0. The lowest BCUT2D eigenvalue weighted by atomic mass is 10.0. The Labute approximate surface area is 374 Å². The standard InChI is InChI=1S/C54H105NO5/c1-4-7-10-13-16-19-22-25-27-28-30-33-36-39-42-45-50(60-54(59)47-44-41-38-35-32-29-26-23-20-17-14-11-8-5-2)48-53(58)55-51(49-56)52(57)46-43-40-37-34-31-24-21-18-15-12-9-6-3/h29,32,50-52,56-57H,4-28,30-31,33-49H2,1-3H3,(H,55,58)/b32-29-. The minimum atomic E-state index is -0.784. The minimum absolute atomic E-state index is 0.0791. The first-order valence-electron chi connectivity index (χ1n) is 26.9. The highest BCUT2D eigenvalue weighted by atomic mass is 16.5. The van der Waals surface area contributed by atoms with Crippen molar-refractivity contribution in [3.8, 4) is 0 Å². The van der Waals surface area contributed by atoms with Crippen LogP contribution >= 0.6 is 0 Å². The first kappa shape index (κ1) is 58.6. The van der Waals surface area contributed by atoms with E-state index in [4.69, 9.17) is 4.74 Å². The maximum Gasteiger partial charge on any atom is 0.306 e. The fourth-order valence-electron chi connectivity index (χ4n) is 8.49. The number of allylic oxidation sites excluding steroid dienone is 2. The third kappa shape index (κ3) is 43.3. The van der Waals surface area contributed by atoms with Crippen molar-refractivity contribution < 1.29 is 24.5 Å². The van der Waals surface area contributed by atoms with E-state index in [2.05, 4.69) is 38.2 Å². The van der Waals surface area contributed by atoms with Gasteiger partial charge in [0.25, 0.3) is 0 Å². The van der Waals surface area contributed by atoms with Crippen molar-refractivity contribution in [1.82, 2.24) is 5.32 Å². The van der Waals surface area contributed by atoms with Crippen LogP contribution in [-0.4, -0.2) is 46.9 Å². The number of aliphatic hydroxyl groups is 2. The minimum Gasteiger partial charge on any atom is -0.462 e. The van der Waals surface area contributed by atoms with Gasteiger partial charge < -0.3 is 20.3 Å². The third-order valence-electron chi connectivity index (χ3n) is 12.6. The Kier molecular flexibility index (Phi) is 47.5. The fourth-order valence-corrected chi connectivity index (χ4v) is 8.49. The van der Waals surface area contributed by atoms with Gasteiger partial charge in [-0.2, -0.15) is 0 Å². The molecule has 1 amide bonds. The van der Waals surface area contributed by atoms with Gasteiger partial charge in [-0.25, -0.2) is 0 Å². The molecule has 6 heteroatoms. The molecule has 0 fully saturated rings. The van der Waals surface area contributed by atoms with E-state index in [9.17, 15) is 19.8 Å². The van der Waals surface area contributed by atoms with Crippen LogP contribution < -0.4 is 5.32 Å². The van der Waals surface area contributed by atoms with Gasteiger partial charge in [-0.15, -0.1) is 0 Å². The highest BCUT2D eigenvalue weighted by Gasteiger charge is 2.24. The summed E-state index contributed by atoms with van der Waals surface area (Å²) in [5.74, 6) is -0.473. The molecule has 0 aliphatic carbocycles. The molecule has 0 bridgehead atoms. The molecule has 0 aliphatic heterocycles. The lowest BCUT2D eigenvalue weighted by Crippen LogP contribution is -2.46. The number of unbranched alkanes of at least 4 members (excludes halogenated alkanes) is 35. The molecule has 0 saturated heterocycles. The second-order valence-electron chi connectivity index (χ2n) is 18.6. The van der Waals surface area contributed by atoms with Gasteiger partial charge in [0.15, 0.2) is 0 Å². The molecule has 0 aromatic carbocycles. The van der Waals surface area contributed by atoms with Gasteiger partial charge in [0.05, 0.1) is 25.2 Å². The molecule has 3 N–H and O–H groups in total. The van der Waals surface area contributed by atoms with Crippen LogP contribution in [0.2, 0.25) is 0 Å². The average molecular weight is 848 g/mol. The van der Waals surface area contributed by atoms with Crippen molar-refractivity contribution in [3.05, 3.63) is 12.2 Å². The quantitative estimate of drug-likeness (QED) is 0.0322. The number of carbonyl (C=O) groups excluding carboxylic acids is 2. The molecule has 0 aromatic heterocycles. The summed E-state index contributed by atoms with van der Waals surface area (Å²) in [6, 6.07) is -0.697. The van der Waals surface area contributed by atoms with Gasteiger partial charge in [-0.05, 0) is 51.4 Å². The van der Waals surface area contributed by atoms with Crippen molar-refractivity contribution >= 4 is 11.9 Å². The second-order valence-corrected chi connectivity index (χ2v) is 18.6. The largest absolute Gasteiger partial charge is 0.462 e. The molecule has 0 radical (unpaired) electrons. The predicted octanol–water partition coefficient (Wildman–Crippen LogP) is 16.1. The maximum atomic E-state index is 13.2. The van der Waals surface area contributed by atoms with Crippen LogP contribution in [0.4, 0.5) is 0 Å². The van der Waals surface area contributed by atoms with Gasteiger partial charge in [0.2, 0.25) is 5.91 Å². The van der Waals surface area contributed by atoms with Crippen molar-refractivity contribution in [2.24, 2.45) is 0 Å². The summed E-state index contributed by atoms with van der Waals surface area (Å²) < 4.78 is 5.94. The zero-order chi connectivity index (χ0) is 43.8. The highest BCUT2D eigenvalue weighted by molar-refractivity contribution is 5.77. The van der Waals surface area contributed by atoms with Crippen molar-refractivity contribution in [2.75, 3.05) is 6.61 Å². The number of ether oxygens (including phenoxy) is 1. The van der Waals surface area contributed by atoms with Gasteiger partial charge in [-0.3, -0.25) is 9.59 Å². The summed E-state index contributed by atoms with van der Waals surface area (Å²) in [4.78, 5) is 26.2. The van der Waals surface area contributed by atoms with Crippen LogP contribution in [-0.2, 0) is 14.3 Å². The van der Waals surface area contributed by atoms with E-state index in [1.54, 1.807) is 0 Å². The number of hydrogen-bond donors (Lipinski definition) is 3. The van der Waals surface area contributed by atoms with E-state index in [-0.39, 0.29) is 24.9 Å². The molecular formula is C54H105NO5. The van der Waals surface area contributed by atoms with Crippen molar-refractivity contribution in [2.45, 2.75) is 315 Å². The number of rotatable bonds is 49. The predicted molar refractivity (Wildman–Crippen MR) is 260 cm³/mol. The van der Waals surface area contributed by atoms with Crippen LogP contribution in [0.5, 0.6) is 0 Å². The van der Waals surface area contributed by atoms with E-state index < -0.39 is 18.2 Å². The Morgan fingerprint density at radius 3 is 1.18 bits per heavy atom. The third-order valence-corrected chi connectivity index (χ3v) is 12.6. The van der Waals surface area contributed by atoms with Crippen LogP contribution in [0.1, 0.15) is 297 Å². The molecule has 0 aliphatic rings. The number of esters is 1. The van der Waals surface area contributed by atoms with Crippen LogP contribution in [0.25, 0.3) is 0 Å². The summed E-state index contributed by atoms with van der Waals surface area (Å²) in [6.07, 6.45) is 54.1. The Bertz CT molecular complexity index is 909. The van der Waals surface area contributed by atoms with E-state index in [0.29, 0.717) is 19.3 Å². The summed E-state index contributed by atoms with van der Waals surface area (Å²) in [6.45, 7) is 6.50. The van der Waals surface area contributed by atoms with E-state index in [1.165, 1.54) is 199 Å². The van der Waals surface area contributed by atoms with Crippen molar-refractivity contribution in [1.29, 1.82) is 0 Å². The Morgan fingerprint density at radius 2 is 0.800 bits per heavy atom. The zero-order valence-corrected chi connectivity index (χ0v) is 40.6. The zero-order valence-electron chi connectivity index (χ0n) is 40.6. The summed E-state index contributed by atoms with van der Waals surface area (Å²) >= 11 is 0. The van der Waals surface area contributed by atoms with Gasteiger partial charge >= 0.3 is 5.97 Å². The van der Waals surface area contributed by atoms with Gasteiger partial charge in [0.1, 0.15) is 6.10 Å². The number of nitrogens with one attached hydrogen (secondary N) is 1. The van der Waals surface area contributed by atoms with Crippen LogP contribution in [0, 0.1) is 0 Å².